The second-order valence-corrected chi connectivity index (χ2v) is 4.74. The number of hydrogen-bond donors (Lipinski definition) is 2. The highest BCUT2D eigenvalue weighted by atomic mass is 16.2. The van der Waals surface area contributed by atoms with Crippen LogP contribution in [0, 0.1) is 0 Å². The van der Waals surface area contributed by atoms with E-state index in [1.165, 1.54) is 6.33 Å². The molecular weight excluding hydrogens is 256 g/mol. The van der Waals surface area contributed by atoms with Gasteiger partial charge in [0.1, 0.15) is 12.7 Å². The van der Waals surface area contributed by atoms with Crippen molar-refractivity contribution < 1.29 is 4.79 Å². The van der Waals surface area contributed by atoms with E-state index in [9.17, 15) is 4.79 Å². The van der Waals surface area contributed by atoms with E-state index in [0.717, 1.165) is 25.8 Å². The van der Waals surface area contributed by atoms with E-state index in [2.05, 4.69) is 25.7 Å². The SMILES string of the molecule is O=C(Nc1ccc(-n2cncn2)nc1)[C@@H]1CCCCN1. The molecule has 1 atom stereocenters. The molecule has 0 spiro atoms. The van der Waals surface area contributed by atoms with Crippen LogP contribution in [0.1, 0.15) is 19.3 Å². The lowest BCUT2D eigenvalue weighted by atomic mass is 10.0. The van der Waals surface area contributed by atoms with Gasteiger partial charge in [-0.1, -0.05) is 6.42 Å². The number of rotatable bonds is 3. The molecule has 1 amide bonds. The summed E-state index contributed by atoms with van der Waals surface area (Å²) in [5, 5.41) is 10.1. The molecule has 0 aliphatic carbocycles. The van der Waals surface area contributed by atoms with E-state index in [1.807, 2.05) is 6.07 Å². The molecule has 1 aliphatic heterocycles. The summed E-state index contributed by atoms with van der Waals surface area (Å²) in [4.78, 5) is 20.2. The Hall–Kier alpha value is -2.28. The molecule has 3 rings (SSSR count). The van der Waals surface area contributed by atoms with Gasteiger partial charge in [0.15, 0.2) is 5.82 Å². The lowest BCUT2D eigenvalue weighted by Gasteiger charge is -2.22. The Morgan fingerprint density at radius 2 is 2.35 bits per heavy atom. The first-order valence-corrected chi connectivity index (χ1v) is 6.68. The molecule has 0 radical (unpaired) electrons. The fourth-order valence-corrected chi connectivity index (χ4v) is 2.23. The average molecular weight is 272 g/mol. The van der Waals surface area contributed by atoms with Crippen LogP contribution in [-0.4, -0.2) is 38.2 Å². The standard InChI is InChI=1S/C13H16N6O/c20-13(11-3-1-2-6-15-11)18-10-4-5-12(16-7-10)19-9-14-8-17-19/h4-5,7-9,11,15H,1-3,6H2,(H,18,20)/t11-/m0/s1. The van der Waals surface area contributed by atoms with Crippen LogP contribution in [0.25, 0.3) is 5.82 Å². The molecule has 0 bridgehead atoms. The minimum Gasteiger partial charge on any atom is -0.323 e. The highest BCUT2D eigenvalue weighted by Gasteiger charge is 2.20. The van der Waals surface area contributed by atoms with Crippen LogP contribution in [0.4, 0.5) is 5.69 Å². The predicted molar refractivity (Wildman–Crippen MR) is 73.4 cm³/mol. The monoisotopic (exact) mass is 272 g/mol. The molecule has 2 N–H and O–H groups in total. The summed E-state index contributed by atoms with van der Waals surface area (Å²) in [6.45, 7) is 0.904. The summed E-state index contributed by atoms with van der Waals surface area (Å²) in [5.74, 6) is 0.663. The molecule has 2 aromatic heterocycles. The molecule has 0 saturated carbocycles. The van der Waals surface area contributed by atoms with Crippen molar-refractivity contribution in [3.8, 4) is 5.82 Å². The smallest absolute Gasteiger partial charge is 0.241 e. The zero-order valence-corrected chi connectivity index (χ0v) is 11.0. The van der Waals surface area contributed by atoms with E-state index in [4.69, 9.17) is 0 Å². The third-order valence-electron chi connectivity index (χ3n) is 3.30. The first kappa shape index (κ1) is 12.7. The number of hydrogen-bond acceptors (Lipinski definition) is 5. The molecule has 104 valence electrons. The predicted octanol–water partition coefficient (Wildman–Crippen LogP) is 0.743. The van der Waals surface area contributed by atoms with E-state index in [1.54, 1.807) is 23.3 Å². The maximum absolute atomic E-state index is 12.1. The van der Waals surface area contributed by atoms with E-state index in [0.29, 0.717) is 11.5 Å². The summed E-state index contributed by atoms with van der Waals surface area (Å²) in [6, 6.07) is 3.50. The molecule has 1 saturated heterocycles. The number of amides is 1. The first-order chi connectivity index (χ1) is 9.83. The second kappa shape index (κ2) is 5.79. The Balaban J connectivity index is 1.64. The van der Waals surface area contributed by atoms with Crippen molar-refractivity contribution in [1.29, 1.82) is 0 Å². The molecular formula is C13H16N6O. The fourth-order valence-electron chi connectivity index (χ4n) is 2.23. The van der Waals surface area contributed by atoms with Crippen LogP contribution >= 0.6 is 0 Å². The number of nitrogens with zero attached hydrogens (tertiary/aromatic N) is 4. The van der Waals surface area contributed by atoms with Gasteiger partial charge in [0.05, 0.1) is 17.9 Å². The number of piperidine rings is 1. The van der Waals surface area contributed by atoms with Gasteiger partial charge in [-0.2, -0.15) is 5.10 Å². The van der Waals surface area contributed by atoms with E-state index >= 15 is 0 Å². The summed E-state index contributed by atoms with van der Waals surface area (Å²) in [7, 11) is 0. The molecule has 0 aromatic carbocycles. The van der Waals surface area contributed by atoms with Crippen LogP contribution in [0.3, 0.4) is 0 Å². The van der Waals surface area contributed by atoms with Gasteiger partial charge in [-0.25, -0.2) is 14.6 Å². The highest BCUT2D eigenvalue weighted by Crippen LogP contribution is 2.12. The molecule has 7 heteroatoms. The number of anilines is 1. The molecule has 7 nitrogen and oxygen atoms in total. The minimum absolute atomic E-state index is 0.00000541. The van der Waals surface area contributed by atoms with Gasteiger partial charge in [-0.05, 0) is 31.5 Å². The number of pyridine rings is 1. The normalized spacial score (nSPS) is 18.7. The van der Waals surface area contributed by atoms with Crippen molar-refractivity contribution in [2.24, 2.45) is 0 Å². The highest BCUT2D eigenvalue weighted by molar-refractivity contribution is 5.94. The first-order valence-electron chi connectivity index (χ1n) is 6.68. The van der Waals surface area contributed by atoms with Gasteiger partial charge in [0.2, 0.25) is 5.91 Å². The topological polar surface area (TPSA) is 84.7 Å². The van der Waals surface area contributed by atoms with E-state index in [-0.39, 0.29) is 11.9 Å². The lowest BCUT2D eigenvalue weighted by molar-refractivity contribution is -0.118. The largest absolute Gasteiger partial charge is 0.323 e. The molecule has 3 heterocycles. The minimum atomic E-state index is -0.0984. The molecule has 2 aromatic rings. The fraction of sp³-hybridized carbons (Fsp3) is 0.385. The van der Waals surface area contributed by atoms with Crippen molar-refractivity contribution in [3.63, 3.8) is 0 Å². The van der Waals surface area contributed by atoms with Crippen molar-refractivity contribution in [2.75, 3.05) is 11.9 Å². The van der Waals surface area contributed by atoms with Crippen LogP contribution in [-0.2, 0) is 4.79 Å². The van der Waals surface area contributed by atoms with Gasteiger partial charge in [-0.15, -0.1) is 0 Å². The van der Waals surface area contributed by atoms with Gasteiger partial charge < -0.3 is 10.6 Å². The Morgan fingerprint density at radius 1 is 1.40 bits per heavy atom. The maximum Gasteiger partial charge on any atom is 0.241 e. The summed E-state index contributed by atoms with van der Waals surface area (Å²) in [6.07, 6.45) is 7.76. The Bertz CT molecular complexity index is 559. The third-order valence-corrected chi connectivity index (χ3v) is 3.30. The van der Waals surface area contributed by atoms with Gasteiger partial charge in [-0.3, -0.25) is 4.79 Å². The average Bonchev–Trinajstić information content (AvgIpc) is 3.03. The summed E-state index contributed by atoms with van der Waals surface area (Å²) < 4.78 is 1.56. The zero-order chi connectivity index (χ0) is 13.8. The molecule has 1 fully saturated rings. The molecule has 1 aliphatic rings. The van der Waals surface area contributed by atoms with Gasteiger partial charge in [0.25, 0.3) is 0 Å². The van der Waals surface area contributed by atoms with E-state index < -0.39 is 0 Å². The Labute approximate surface area is 116 Å². The van der Waals surface area contributed by atoms with Crippen LogP contribution in [0.2, 0.25) is 0 Å². The number of aromatic nitrogens is 4. The summed E-state index contributed by atoms with van der Waals surface area (Å²) >= 11 is 0. The van der Waals surface area contributed by atoms with Crippen LogP contribution in [0.15, 0.2) is 31.0 Å². The zero-order valence-electron chi connectivity index (χ0n) is 11.0. The maximum atomic E-state index is 12.1. The van der Waals surface area contributed by atoms with Crippen LogP contribution < -0.4 is 10.6 Å². The van der Waals surface area contributed by atoms with Gasteiger partial charge >= 0.3 is 0 Å². The quantitative estimate of drug-likeness (QED) is 0.861. The Kier molecular flexibility index (Phi) is 3.69. The third kappa shape index (κ3) is 2.83. The van der Waals surface area contributed by atoms with Crippen molar-refractivity contribution in [1.82, 2.24) is 25.1 Å². The number of carbonyl (C=O) groups is 1. The molecule has 20 heavy (non-hydrogen) atoms. The number of nitrogens with one attached hydrogen (secondary N) is 2. The van der Waals surface area contributed by atoms with Crippen molar-refractivity contribution in [2.45, 2.75) is 25.3 Å². The van der Waals surface area contributed by atoms with Gasteiger partial charge in [0, 0.05) is 0 Å². The lowest BCUT2D eigenvalue weighted by Crippen LogP contribution is -2.43. The number of carbonyl (C=O) groups excluding carboxylic acids is 1. The second-order valence-electron chi connectivity index (χ2n) is 4.74. The molecule has 0 unspecified atom stereocenters. The van der Waals surface area contributed by atoms with Crippen LogP contribution in [0.5, 0.6) is 0 Å². The Morgan fingerprint density at radius 3 is 3.00 bits per heavy atom. The summed E-state index contributed by atoms with van der Waals surface area (Å²) in [5.41, 5.74) is 0.686. The van der Waals surface area contributed by atoms with Crippen molar-refractivity contribution in [3.05, 3.63) is 31.0 Å². The van der Waals surface area contributed by atoms with Crippen molar-refractivity contribution >= 4 is 11.6 Å².